The van der Waals surface area contributed by atoms with Gasteiger partial charge in [0, 0.05) is 6.42 Å². The lowest BCUT2D eigenvalue weighted by molar-refractivity contribution is -0.133. The molecule has 2 rings (SSSR count). The van der Waals surface area contributed by atoms with Crippen molar-refractivity contribution in [1.29, 1.82) is 0 Å². The van der Waals surface area contributed by atoms with E-state index < -0.39 is 11.8 Å². The fourth-order valence-electron chi connectivity index (χ4n) is 1.43. The molecule has 2 aliphatic rings. The molecule has 1 atom stereocenters. The highest BCUT2D eigenvalue weighted by Gasteiger charge is 2.56. The van der Waals surface area contributed by atoms with Gasteiger partial charge in [0.1, 0.15) is 0 Å². The molecule has 0 amide bonds. The minimum Gasteiger partial charge on any atom is -0.478 e. The molecule has 0 spiro atoms. The number of ether oxygens (including phenoxy) is 1. The Morgan fingerprint density at radius 1 is 1.64 bits per heavy atom. The second-order valence-corrected chi connectivity index (χ2v) is 2.85. The molecule has 0 aromatic heterocycles. The van der Waals surface area contributed by atoms with Crippen molar-refractivity contribution in [1.82, 2.24) is 0 Å². The summed E-state index contributed by atoms with van der Waals surface area (Å²) in [5, 5.41) is 17.9. The fraction of sp³-hybridized carbons (Fsp3) is 0.571. The third-order valence-corrected chi connectivity index (χ3v) is 2.06. The first-order valence-electron chi connectivity index (χ1n) is 3.52. The van der Waals surface area contributed by atoms with Crippen molar-refractivity contribution in [3.8, 4) is 0 Å². The van der Waals surface area contributed by atoms with E-state index in [0.29, 0.717) is 19.3 Å². The predicted octanol–water partition coefficient (Wildman–Crippen LogP) is 0.228. The quantitative estimate of drug-likeness (QED) is 0.533. The zero-order valence-corrected chi connectivity index (χ0v) is 5.83. The summed E-state index contributed by atoms with van der Waals surface area (Å²) in [6.07, 6.45) is 1.72. The lowest BCUT2D eigenvalue weighted by Gasteiger charge is -2.06. The monoisotopic (exact) mass is 156 g/mol. The van der Waals surface area contributed by atoms with Crippen LogP contribution in [0, 0.1) is 0 Å². The van der Waals surface area contributed by atoms with Gasteiger partial charge in [0.25, 0.3) is 5.79 Å². The number of hydrogen-bond donors (Lipinski definition) is 2. The molecule has 0 aromatic carbocycles. The minimum absolute atomic E-state index is 0.235. The van der Waals surface area contributed by atoms with E-state index in [4.69, 9.17) is 9.84 Å². The second-order valence-electron chi connectivity index (χ2n) is 2.85. The molecule has 1 fully saturated rings. The van der Waals surface area contributed by atoms with Gasteiger partial charge >= 0.3 is 5.97 Å². The average Bonchev–Trinajstić information content (AvgIpc) is 2.58. The molecular formula is C7H8O4. The van der Waals surface area contributed by atoms with Crippen LogP contribution in [0.2, 0.25) is 0 Å². The summed E-state index contributed by atoms with van der Waals surface area (Å²) >= 11 is 0. The highest BCUT2D eigenvalue weighted by Crippen LogP contribution is 2.49. The van der Waals surface area contributed by atoms with Gasteiger partial charge in [-0.1, -0.05) is 0 Å². The number of carboxylic acids is 1. The molecule has 0 saturated carbocycles. The van der Waals surface area contributed by atoms with Gasteiger partial charge in [-0.2, -0.15) is 0 Å². The van der Waals surface area contributed by atoms with E-state index in [1.807, 2.05) is 0 Å². The summed E-state index contributed by atoms with van der Waals surface area (Å²) < 4.78 is 4.79. The van der Waals surface area contributed by atoms with Crippen molar-refractivity contribution in [3.05, 3.63) is 11.3 Å². The van der Waals surface area contributed by atoms with Crippen LogP contribution in [-0.2, 0) is 9.53 Å². The number of aliphatic carboxylic acids is 1. The standard InChI is InChI=1S/C7H8O4/c8-6(9)4-2-1-3-7(10)5(4)11-7/h10H,1-3H2,(H,8,9). The highest BCUT2D eigenvalue weighted by atomic mass is 16.7. The molecule has 0 radical (unpaired) electrons. The van der Waals surface area contributed by atoms with Crippen molar-refractivity contribution >= 4 is 5.97 Å². The molecule has 4 nitrogen and oxygen atoms in total. The van der Waals surface area contributed by atoms with Gasteiger partial charge in [0.2, 0.25) is 0 Å². The molecule has 11 heavy (non-hydrogen) atoms. The maximum atomic E-state index is 10.5. The van der Waals surface area contributed by atoms with Gasteiger partial charge < -0.3 is 14.9 Å². The lowest BCUT2D eigenvalue weighted by Crippen LogP contribution is -2.15. The Hall–Kier alpha value is -1.03. The van der Waals surface area contributed by atoms with Crippen molar-refractivity contribution in [2.24, 2.45) is 0 Å². The molecule has 2 N–H and O–H groups in total. The van der Waals surface area contributed by atoms with Crippen molar-refractivity contribution in [3.63, 3.8) is 0 Å². The average molecular weight is 156 g/mol. The first-order chi connectivity index (χ1) is 5.13. The Morgan fingerprint density at radius 3 is 2.91 bits per heavy atom. The fourth-order valence-corrected chi connectivity index (χ4v) is 1.43. The van der Waals surface area contributed by atoms with E-state index in [2.05, 4.69) is 0 Å². The van der Waals surface area contributed by atoms with Gasteiger partial charge in [-0.25, -0.2) is 4.79 Å². The highest BCUT2D eigenvalue weighted by molar-refractivity contribution is 5.88. The molecule has 1 aliphatic heterocycles. The number of epoxide rings is 1. The molecular weight excluding hydrogens is 148 g/mol. The number of carbonyl (C=O) groups is 1. The zero-order valence-electron chi connectivity index (χ0n) is 5.83. The normalized spacial score (nSPS) is 34.3. The van der Waals surface area contributed by atoms with Crippen molar-refractivity contribution < 1.29 is 19.7 Å². The summed E-state index contributed by atoms with van der Waals surface area (Å²) in [5.41, 5.74) is 0.235. The van der Waals surface area contributed by atoms with E-state index in [-0.39, 0.29) is 11.3 Å². The van der Waals surface area contributed by atoms with E-state index in [1.54, 1.807) is 0 Å². The molecule has 0 aromatic rings. The first-order valence-corrected chi connectivity index (χ1v) is 3.52. The van der Waals surface area contributed by atoms with Crippen molar-refractivity contribution in [2.75, 3.05) is 0 Å². The van der Waals surface area contributed by atoms with Gasteiger partial charge in [-0.05, 0) is 12.8 Å². The third-order valence-electron chi connectivity index (χ3n) is 2.06. The SMILES string of the molecule is O=C(O)C1=C2OC2(O)CCC1. The molecule has 1 unspecified atom stereocenters. The molecule has 0 bridgehead atoms. The summed E-state index contributed by atoms with van der Waals surface area (Å²) in [5.74, 6) is -1.90. The van der Waals surface area contributed by atoms with Crippen LogP contribution in [0.15, 0.2) is 11.3 Å². The maximum absolute atomic E-state index is 10.5. The van der Waals surface area contributed by atoms with Gasteiger partial charge in [-0.3, -0.25) is 0 Å². The van der Waals surface area contributed by atoms with E-state index in [0.717, 1.165) is 0 Å². The number of rotatable bonds is 1. The zero-order chi connectivity index (χ0) is 8.06. The van der Waals surface area contributed by atoms with Crippen LogP contribution >= 0.6 is 0 Å². The van der Waals surface area contributed by atoms with E-state index in [1.165, 1.54) is 0 Å². The summed E-state index contributed by atoms with van der Waals surface area (Å²) in [6, 6.07) is 0. The summed E-state index contributed by atoms with van der Waals surface area (Å²) in [6.45, 7) is 0. The minimum atomic E-state index is -1.20. The molecule has 1 heterocycles. The predicted molar refractivity (Wildman–Crippen MR) is 34.5 cm³/mol. The van der Waals surface area contributed by atoms with Crippen molar-refractivity contribution in [2.45, 2.75) is 25.0 Å². The Kier molecular flexibility index (Phi) is 1.07. The Labute approximate surface area is 63.1 Å². The number of carboxylic acid groups (broad SMARTS) is 1. The molecule has 60 valence electrons. The lowest BCUT2D eigenvalue weighted by atomic mass is 9.98. The first kappa shape index (κ1) is 6.67. The summed E-state index contributed by atoms with van der Waals surface area (Å²) in [7, 11) is 0. The van der Waals surface area contributed by atoms with Crippen LogP contribution in [0.25, 0.3) is 0 Å². The van der Waals surface area contributed by atoms with Crippen LogP contribution in [0.1, 0.15) is 19.3 Å². The topological polar surface area (TPSA) is 70.1 Å². The van der Waals surface area contributed by atoms with Crippen LogP contribution in [0.5, 0.6) is 0 Å². The third kappa shape index (κ3) is 0.826. The number of aliphatic hydroxyl groups is 1. The number of fused-ring (bicyclic) bond motifs is 1. The smallest absolute Gasteiger partial charge is 0.335 e. The molecule has 1 aliphatic carbocycles. The van der Waals surface area contributed by atoms with Gasteiger partial charge in [-0.15, -0.1) is 0 Å². The summed E-state index contributed by atoms with van der Waals surface area (Å²) in [4.78, 5) is 10.5. The van der Waals surface area contributed by atoms with E-state index >= 15 is 0 Å². The molecule has 1 saturated heterocycles. The molecule has 4 heteroatoms. The Bertz CT molecular complexity index is 255. The van der Waals surface area contributed by atoms with Crippen LogP contribution in [0.3, 0.4) is 0 Å². The Morgan fingerprint density at radius 2 is 2.36 bits per heavy atom. The Balaban J connectivity index is 2.34. The van der Waals surface area contributed by atoms with Gasteiger partial charge in [0.05, 0.1) is 5.57 Å². The van der Waals surface area contributed by atoms with Crippen LogP contribution in [0.4, 0.5) is 0 Å². The van der Waals surface area contributed by atoms with E-state index in [9.17, 15) is 9.90 Å². The largest absolute Gasteiger partial charge is 0.478 e. The maximum Gasteiger partial charge on any atom is 0.335 e. The second kappa shape index (κ2) is 1.76. The van der Waals surface area contributed by atoms with Gasteiger partial charge in [0.15, 0.2) is 5.76 Å². The van der Waals surface area contributed by atoms with Crippen LogP contribution < -0.4 is 0 Å². The number of hydrogen-bond acceptors (Lipinski definition) is 3. The van der Waals surface area contributed by atoms with Crippen LogP contribution in [-0.4, -0.2) is 22.0 Å².